The second kappa shape index (κ2) is 6.39. The number of nitrogens with one attached hydrogen (secondary N) is 2. The molecular formula is C21H20N4O2. The number of fused-ring (bicyclic) bond motifs is 2. The smallest absolute Gasteiger partial charge is 0.278 e. The Labute approximate surface area is 156 Å². The normalized spacial score (nSPS) is 11.2. The van der Waals surface area contributed by atoms with Gasteiger partial charge in [0.1, 0.15) is 0 Å². The van der Waals surface area contributed by atoms with E-state index in [0.29, 0.717) is 11.9 Å². The van der Waals surface area contributed by atoms with Crippen molar-refractivity contribution < 1.29 is 4.92 Å². The fourth-order valence-corrected chi connectivity index (χ4v) is 3.61. The molecule has 0 saturated carbocycles. The topological polar surface area (TPSA) is 83.8 Å². The van der Waals surface area contributed by atoms with Crippen molar-refractivity contribution in [3.63, 3.8) is 0 Å². The van der Waals surface area contributed by atoms with Gasteiger partial charge in [-0.05, 0) is 50.1 Å². The van der Waals surface area contributed by atoms with Crippen molar-refractivity contribution in [3.05, 3.63) is 75.2 Å². The van der Waals surface area contributed by atoms with Crippen LogP contribution in [0.15, 0.2) is 42.7 Å². The predicted molar refractivity (Wildman–Crippen MR) is 108 cm³/mol. The van der Waals surface area contributed by atoms with Gasteiger partial charge in [0, 0.05) is 47.2 Å². The van der Waals surface area contributed by atoms with Crippen LogP contribution >= 0.6 is 0 Å². The van der Waals surface area contributed by atoms with Crippen molar-refractivity contribution in [2.75, 3.05) is 5.32 Å². The molecule has 2 N–H and O–H groups in total. The Hall–Kier alpha value is -3.41. The Bertz CT molecular complexity index is 1190. The third kappa shape index (κ3) is 2.89. The van der Waals surface area contributed by atoms with Crippen LogP contribution in [0.2, 0.25) is 0 Å². The first-order valence-corrected chi connectivity index (χ1v) is 8.79. The van der Waals surface area contributed by atoms with Gasteiger partial charge in [-0.2, -0.15) is 0 Å². The van der Waals surface area contributed by atoms with E-state index in [9.17, 15) is 10.1 Å². The van der Waals surface area contributed by atoms with Crippen LogP contribution in [0.25, 0.3) is 21.7 Å². The molecule has 0 saturated heterocycles. The number of anilines is 1. The molecule has 136 valence electrons. The molecule has 2 aromatic carbocycles. The number of hydrogen-bond acceptors (Lipinski definition) is 4. The zero-order valence-electron chi connectivity index (χ0n) is 15.5. The summed E-state index contributed by atoms with van der Waals surface area (Å²) in [4.78, 5) is 18.4. The average molecular weight is 360 g/mol. The van der Waals surface area contributed by atoms with Gasteiger partial charge in [-0.1, -0.05) is 11.6 Å². The van der Waals surface area contributed by atoms with Crippen molar-refractivity contribution in [3.8, 4) is 0 Å². The summed E-state index contributed by atoms with van der Waals surface area (Å²) in [6.07, 6.45) is 3.20. The van der Waals surface area contributed by atoms with Crippen LogP contribution in [0.4, 0.5) is 11.4 Å². The maximum Gasteiger partial charge on any atom is 0.278 e. The van der Waals surface area contributed by atoms with Crippen LogP contribution in [0, 0.1) is 30.9 Å². The molecule has 0 amide bonds. The Kier molecular flexibility index (Phi) is 4.03. The lowest BCUT2D eigenvalue weighted by molar-refractivity contribution is -0.383. The van der Waals surface area contributed by atoms with E-state index in [1.165, 1.54) is 33.8 Å². The number of aromatic nitrogens is 2. The van der Waals surface area contributed by atoms with Gasteiger partial charge in [0.15, 0.2) is 0 Å². The fraction of sp³-hybridized carbons (Fsp3) is 0.190. The first kappa shape index (κ1) is 17.0. The van der Waals surface area contributed by atoms with Gasteiger partial charge in [-0.3, -0.25) is 15.1 Å². The highest BCUT2D eigenvalue weighted by Crippen LogP contribution is 2.32. The van der Waals surface area contributed by atoms with E-state index in [1.54, 1.807) is 24.5 Å². The molecule has 4 aromatic rings. The van der Waals surface area contributed by atoms with Gasteiger partial charge in [-0.15, -0.1) is 0 Å². The Morgan fingerprint density at radius 1 is 1.11 bits per heavy atom. The average Bonchev–Trinajstić information content (AvgIpc) is 2.94. The Morgan fingerprint density at radius 3 is 2.70 bits per heavy atom. The van der Waals surface area contributed by atoms with Crippen LogP contribution in [0.5, 0.6) is 0 Å². The Balaban J connectivity index is 1.75. The maximum absolute atomic E-state index is 11.3. The molecule has 27 heavy (non-hydrogen) atoms. The molecule has 0 aliphatic rings. The summed E-state index contributed by atoms with van der Waals surface area (Å²) >= 11 is 0. The molecule has 2 heterocycles. The third-order valence-corrected chi connectivity index (χ3v) is 5.10. The zero-order valence-corrected chi connectivity index (χ0v) is 15.5. The van der Waals surface area contributed by atoms with E-state index in [0.717, 1.165) is 16.6 Å². The van der Waals surface area contributed by atoms with Crippen molar-refractivity contribution in [1.82, 2.24) is 9.97 Å². The van der Waals surface area contributed by atoms with E-state index in [1.807, 2.05) is 0 Å². The van der Waals surface area contributed by atoms with E-state index < -0.39 is 0 Å². The number of nitro benzene ring substituents is 1. The van der Waals surface area contributed by atoms with Gasteiger partial charge in [0.2, 0.25) is 0 Å². The van der Waals surface area contributed by atoms with Crippen molar-refractivity contribution in [1.29, 1.82) is 0 Å². The third-order valence-electron chi connectivity index (χ3n) is 5.10. The lowest BCUT2D eigenvalue weighted by atomic mass is 10.0. The van der Waals surface area contributed by atoms with Crippen LogP contribution in [-0.4, -0.2) is 14.9 Å². The second-order valence-corrected chi connectivity index (χ2v) is 6.89. The van der Waals surface area contributed by atoms with Gasteiger partial charge in [0.25, 0.3) is 5.69 Å². The molecule has 0 spiro atoms. The lowest BCUT2D eigenvalue weighted by Crippen LogP contribution is -2.02. The van der Waals surface area contributed by atoms with Gasteiger partial charge in [-0.25, -0.2) is 0 Å². The highest BCUT2D eigenvalue weighted by atomic mass is 16.6. The molecule has 0 unspecified atom stereocenters. The molecule has 0 bridgehead atoms. The number of non-ortho nitro benzene ring substituents is 1. The number of pyridine rings is 1. The number of aromatic amines is 1. The largest absolute Gasteiger partial charge is 0.380 e. The highest BCUT2D eigenvalue weighted by Gasteiger charge is 2.15. The van der Waals surface area contributed by atoms with Crippen LogP contribution in [0.3, 0.4) is 0 Å². The van der Waals surface area contributed by atoms with Crippen LogP contribution in [-0.2, 0) is 6.54 Å². The van der Waals surface area contributed by atoms with E-state index >= 15 is 0 Å². The first-order valence-electron chi connectivity index (χ1n) is 8.79. The first-order chi connectivity index (χ1) is 13.0. The maximum atomic E-state index is 11.3. The van der Waals surface area contributed by atoms with Crippen molar-refractivity contribution in [2.24, 2.45) is 0 Å². The number of benzene rings is 2. The molecule has 0 atom stereocenters. The monoisotopic (exact) mass is 360 g/mol. The van der Waals surface area contributed by atoms with Crippen LogP contribution < -0.4 is 5.32 Å². The molecule has 6 heteroatoms. The summed E-state index contributed by atoms with van der Waals surface area (Å²) in [5.41, 5.74) is 6.87. The molecule has 0 radical (unpaired) electrons. The fourth-order valence-electron chi connectivity index (χ4n) is 3.61. The molecule has 6 nitrogen and oxygen atoms in total. The summed E-state index contributed by atoms with van der Waals surface area (Å²) in [6.45, 7) is 6.92. The number of hydrogen-bond donors (Lipinski definition) is 2. The summed E-state index contributed by atoms with van der Waals surface area (Å²) in [5.74, 6) is 0. The summed E-state index contributed by atoms with van der Waals surface area (Å²) in [7, 11) is 0. The number of H-pyrrole nitrogens is 1. The molecule has 2 aromatic heterocycles. The zero-order chi connectivity index (χ0) is 19.1. The highest BCUT2D eigenvalue weighted by molar-refractivity contribution is 5.99. The van der Waals surface area contributed by atoms with E-state index in [2.05, 4.69) is 48.2 Å². The lowest BCUT2D eigenvalue weighted by Gasteiger charge is -2.12. The molecule has 0 aliphatic carbocycles. The summed E-state index contributed by atoms with van der Waals surface area (Å²) in [6, 6.07) is 9.46. The summed E-state index contributed by atoms with van der Waals surface area (Å²) in [5, 5.41) is 17.3. The van der Waals surface area contributed by atoms with E-state index in [-0.39, 0.29) is 10.6 Å². The predicted octanol–water partition coefficient (Wildman–Crippen LogP) is 5.16. The SMILES string of the molecule is Cc1cc(CNc2ccc([N+](=O)[O-])c3cnccc23)c2[nH]c(C)c(C)c2c1. The van der Waals surface area contributed by atoms with E-state index in [4.69, 9.17) is 0 Å². The molecular weight excluding hydrogens is 340 g/mol. The number of nitro groups is 1. The van der Waals surface area contributed by atoms with Crippen LogP contribution in [0.1, 0.15) is 22.4 Å². The minimum Gasteiger partial charge on any atom is -0.380 e. The van der Waals surface area contributed by atoms with Gasteiger partial charge in [0.05, 0.1) is 15.8 Å². The van der Waals surface area contributed by atoms with Gasteiger partial charge < -0.3 is 10.3 Å². The van der Waals surface area contributed by atoms with Crippen molar-refractivity contribution >= 4 is 33.1 Å². The molecule has 0 fully saturated rings. The quantitative estimate of drug-likeness (QED) is 0.389. The number of aryl methyl sites for hydroxylation is 3. The number of nitrogens with zero attached hydrogens (tertiary/aromatic N) is 2. The second-order valence-electron chi connectivity index (χ2n) is 6.89. The van der Waals surface area contributed by atoms with Gasteiger partial charge >= 0.3 is 0 Å². The molecule has 0 aliphatic heterocycles. The Morgan fingerprint density at radius 2 is 1.93 bits per heavy atom. The van der Waals surface area contributed by atoms with Crippen molar-refractivity contribution in [2.45, 2.75) is 27.3 Å². The summed E-state index contributed by atoms with van der Waals surface area (Å²) < 4.78 is 0. The minimum absolute atomic E-state index is 0.0669. The number of rotatable bonds is 4. The standard InChI is InChI=1S/C21H20N4O2/c1-12-8-15(21-17(9-12)13(2)14(3)24-21)10-23-19-4-5-20(25(26)27)18-11-22-7-6-16(18)19/h4-9,11,23-24H,10H2,1-3H3. The molecule has 4 rings (SSSR count). The minimum atomic E-state index is -0.373.